The molecule has 20 heavy (non-hydrogen) atoms. The second-order valence-corrected chi connectivity index (χ2v) is 6.56. The summed E-state index contributed by atoms with van der Waals surface area (Å²) >= 11 is 3.71. The third-order valence-corrected chi connectivity index (χ3v) is 4.95. The fourth-order valence-corrected chi connectivity index (χ4v) is 3.70. The minimum Gasteiger partial charge on any atom is -0.204 e. The Balaban J connectivity index is 1.63. The Morgan fingerprint density at radius 2 is 1.80 bits per heavy atom. The Hall–Kier alpha value is -1.22. The molecule has 0 heterocycles. The SMILES string of the molecule is Fc1ccc(CC(Br)C2CC2c2ccccc2)cc1F. The van der Waals surface area contributed by atoms with Gasteiger partial charge in [0.25, 0.3) is 0 Å². The number of halogens is 3. The van der Waals surface area contributed by atoms with E-state index in [0.717, 1.165) is 18.4 Å². The Morgan fingerprint density at radius 3 is 2.50 bits per heavy atom. The van der Waals surface area contributed by atoms with E-state index in [2.05, 4.69) is 40.2 Å². The van der Waals surface area contributed by atoms with Gasteiger partial charge < -0.3 is 0 Å². The van der Waals surface area contributed by atoms with Crippen LogP contribution in [0, 0.1) is 17.6 Å². The minimum atomic E-state index is -0.784. The van der Waals surface area contributed by atoms with Gasteiger partial charge in [-0.3, -0.25) is 0 Å². The molecule has 2 aromatic carbocycles. The lowest BCUT2D eigenvalue weighted by Crippen LogP contribution is -2.07. The molecule has 1 saturated carbocycles. The average Bonchev–Trinajstić information content (AvgIpc) is 3.24. The molecule has 3 atom stereocenters. The zero-order valence-electron chi connectivity index (χ0n) is 10.9. The lowest BCUT2D eigenvalue weighted by Gasteiger charge is -2.10. The van der Waals surface area contributed by atoms with Crippen LogP contribution in [-0.2, 0) is 6.42 Å². The molecule has 0 nitrogen and oxygen atoms in total. The molecule has 0 bridgehead atoms. The standard InChI is InChI=1S/C17H15BrF2/c18-15(8-11-6-7-16(19)17(20)9-11)14-10-13(14)12-4-2-1-3-5-12/h1-7,9,13-15H,8,10H2. The summed E-state index contributed by atoms with van der Waals surface area (Å²) in [4.78, 5) is 0.303. The summed E-state index contributed by atoms with van der Waals surface area (Å²) in [6.07, 6.45) is 1.88. The summed E-state index contributed by atoms with van der Waals surface area (Å²) < 4.78 is 26.1. The first-order chi connectivity index (χ1) is 9.65. The van der Waals surface area contributed by atoms with Crippen molar-refractivity contribution in [2.75, 3.05) is 0 Å². The monoisotopic (exact) mass is 336 g/mol. The number of rotatable bonds is 4. The van der Waals surface area contributed by atoms with E-state index in [9.17, 15) is 8.78 Å². The normalized spacial score (nSPS) is 22.6. The quantitative estimate of drug-likeness (QED) is 0.683. The highest BCUT2D eigenvalue weighted by Crippen LogP contribution is 2.52. The number of hydrogen-bond acceptors (Lipinski definition) is 0. The Kier molecular flexibility index (Phi) is 3.88. The average molecular weight is 337 g/mol. The molecule has 0 amide bonds. The van der Waals surface area contributed by atoms with Gasteiger partial charge in [0.15, 0.2) is 11.6 Å². The number of benzene rings is 2. The predicted octanol–water partition coefficient (Wildman–Crippen LogP) is 5.07. The highest BCUT2D eigenvalue weighted by molar-refractivity contribution is 9.09. The van der Waals surface area contributed by atoms with Gasteiger partial charge in [-0.2, -0.15) is 0 Å². The van der Waals surface area contributed by atoms with Crippen molar-refractivity contribution in [1.29, 1.82) is 0 Å². The van der Waals surface area contributed by atoms with Crippen LogP contribution in [0.15, 0.2) is 48.5 Å². The molecule has 0 aliphatic heterocycles. The highest BCUT2D eigenvalue weighted by atomic mass is 79.9. The van der Waals surface area contributed by atoms with Crippen LogP contribution in [0.2, 0.25) is 0 Å². The van der Waals surface area contributed by atoms with Gasteiger partial charge in [-0.25, -0.2) is 8.78 Å². The molecule has 3 rings (SSSR count). The Bertz CT molecular complexity index is 597. The molecular formula is C17H15BrF2. The molecule has 0 spiro atoms. The molecule has 1 aliphatic carbocycles. The summed E-state index contributed by atoms with van der Waals surface area (Å²) in [6, 6.07) is 14.6. The first-order valence-corrected chi connectivity index (χ1v) is 7.69. The van der Waals surface area contributed by atoms with Crippen molar-refractivity contribution in [3.63, 3.8) is 0 Å². The molecule has 3 unspecified atom stereocenters. The van der Waals surface area contributed by atoms with E-state index in [0.29, 0.717) is 16.7 Å². The van der Waals surface area contributed by atoms with Gasteiger partial charge in [0, 0.05) is 4.83 Å². The van der Waals surface area contributed by atoms with Crippen LogP contribution < -0.4 is 0 Å². The fraction of sp³-hybridized carbons (Fsp3) is 0.294. The largest absolute Gasteiger partial charge is 0.204 e. The maximum absolute atomic E-state index is 13.2. The van der Waals surface area contributed by atoms with Crippen LogP contribution in [0.1, 0.15) is 23.5 Å². The maximum Gasteiger partial charge on any atom is 0.159 e. The van der Waals surface area contributed by atoms with Crippen molar-refractivity contribution >= 4 is 15.9 Å². The first-order valence-electron chi connectivity index (χ1n) is 6.78. The van der Waals surface area contributed by atoms with Gasteiger partial charge >= 0.3 is 0 Å². The Labute approximate surface area is 126 Å². The topological polar surface area (TPSA) is 0 Å². The summed E-state index contributed by atoms with van der Waals surface area (Å²) in [5, 5.41) is 0. The van der Waals surface area contributed by atoms with Gasteiger partial charge in [0.1, 0.15) is 0 Å². The zero-order chi connectivity index (χ0) is 14.1. The second kappa shape index (κ2) is 5.65. The third-order valence-electron chi connectivity index (χ3n) is 3.95. The molecule has 1 aliphatic rings. The smallest absolute Gasteiger partial charge is 0.159 e. The van der Waals surface area contributed by atoms with Gasteiger partial charge in [0.05, 0.1) is 0 Å². The second-order valence-electron chi connectivity index (χ2n) is 5.39. The van der Waals surface area contributed by atoms with Crippen molar-refractivity contribution in [2.24, 2.45) is 5.92 Å². The van der Waals surface area contributed by atoms with Crippen LogP contribution in [-0.4, -0.2) is 4.83 Å². The lowest BCUT2D eigenvalue weighted by atomic mass is 10.0. The highest BCUT2D eigenvalue weighted by Gasteiger charge is 2.42. The van der Waals surface area contributed by atoms with Crippen LogP contribution in [0.25, 0.3) is 0 Å². The van der Waals surface area contributed by atoms with Crippen LogP contribution in [0.3, 0.4) is 0 Å². The molecule has 2 aromatic rings. The zero-order valence-corrected chi connectivity index (χ0v) is 12.5. The van der Waals surface area contributed by atoms with Crippen molar-refractivity contribution in [3.05, 3.63) is 71.3 Å². The fourth-order valence-electron chi connectivity index (χ4n) is 2.74. The van der Waals surface area contributed by atoms with E-state index in [1.807, 2.05) is 6.07 Å². The van der Waals surface area contributed by atoms with Crippen molar-refractivity contribution in [2.45, 2.75) is 23.6 Å². The summed E-state index contributed by atoms with van der Waals surface area (Å²) in [6.45, 7) is 0. The molecule has 0 radical (unpaired) electrons. The van der Waals surface area contributed by atoms with Crippen molar-refractivity contribution < 1.29 is 8.78 Å². The lowest BCUT2D eigenvalue weighted by molar-refractivity contribution is 0.506. The summed E-state index contributed by atoms with van der Waals surface area (Å²) in [5.74, 6) is -0.387. The van der Waals surface area contributed by atoms with E-state index < -0.39 is 11.6 Å². The number of alkyl halides is 1. The van der Waals surface area contributed by atoms with E-state index in [1.54, 1.807) is 6.07 Å². The Morgan fingerprint density at radius 1 is 1.05 bits per heavy atom. The van der Waals surface area contributed by atoms with Gasteiger partial charge in [-0.15, -0.1) is 0 Å². The first kappa shape index (κ1) is 13.7. The van der Waals surface area contributed by atoms with E-state index in [-0.39, 0.29) is 0 Å². The van der Waals surface area contributed by atoms with Gasteiger partial charge in [-0.1, -0.05) is 52.3 Å². The molecule has 104 valence electrons. The van der Waals surface area contributed by atoms with Crippen LogP contribution in [0.4, 0.5) is 8.78 Å². The van der Waals surface area contributed by atoms with Gasteiger partial charge in [-0.05, 0) is 47.9 Å². The predicted molar refractivity (Wildman–Crippen MR) is 80.1 cm³/mol. The molecular weight excluding hydrogens is 322 g/mol. The van der Waals surface area contributed by atoms with Crippen molar-refractivity contribution in [3.8, 4) is 0 Å². The molecule has 1 fully saturated rings. The van der Waals surface area contributed by atoms with Crippen LogP contribution >= 0.6 is 15.9 Å². The van der Waals surface area contributed by atoms with Crippen LogP contribution in [0.5, 0.6) is 0 Å². The van der Waals surface area contributed by atoms with Gasteiger partial charge in [0.2, 0.25) is 0 Å². The summed E-state index contributed by atoms with van der Waals surface area (Å²) in [5.41, 5.74) is 2.21. The van der Waals surface area contributed by atoms with E-state index in [4.69, 9.17) is 0 Å². The number of hydrogen-bond donors (Lipinski definition) is 0. The third kappa shape index (κ3) is 2.93. The molecule has 0 N–H and O–H groups in total. The van der Waals surface area contributed by atoms with Crippen molar-refractivity contribution in [1.82, 2.24) is 0 Å². The molecule has 3 heteroatoms. The molecule has 0 saturated heterocycles. The maximum atomic E-state index is 13.2. The summed E-state index contributed by atoms with van der Waals surface area (Å²) in [7, 11) is 0. The molecule has 0 aromatic heterocycles. The van der Waals surface area contributed by atoms with E-state index in [1.165, 1.54) is 17.7 Å². The van der Waals surface area contributed by atoms with E-state index >= 15 is 0 Å². The minimum absolute atomic E-state index is 0.303.